The van der Waals surface area contributed by atoms with Crippen LogP contribution < -0.4 is 4.74 Å². The van der Waals surface area contributed by atoms with Crippen LogP contribution in [0.3, 0.4) is 0 Å². The van der Waals surface area contributed by atoms with E-state index in [9.17, 15) is 14.3 Å². The van der Waals surface area contributed by atoms with Crippen LogP contribution in [0.2, 0.25) is 0 Å². The second-order valence-electron chi connectivity index (χ2n) is 6.71. The molecule has 0 fully saturated rings. The van der Waals surface area contributed by atoms with Gasteiger partial charge in [-0.25, -0.2) is 9.18 Å². The zero-order valence-corrected chi connectivity index (χ0v) is 15.3. The van der Waals surface area contributed by atoms with Gasteiger partial charge in [-0.1, -0.05) is 0 Å². The first kappa shape index (κ1) is 17.9. The molecule has 5 nitrogen and oxygen atoms in total. The number of carboxylic acids is 1. The van der Waals surface area contributed by atoms with E-state index in [4.69, 9.17) is 9.15 Å². The van der Waals surface area contributed by atoms with E-state index in [0.29, 0.717) is 22.3 Å². The zero-order chi connectivity index (χ0) is 19.8. The van der Waals surface area contributed by atoms with Gasteiger partial charge in [0.05, 0.1) is 6.10 Å². The highest BCUT2D eigenvalue weighted by Crippen LogP contribution is 2.40. The van der Waals surface area contributed by atoms with E-state index >= 15 is 0 Å². The van der Waals surface area contributed by atoms with Crippen molar-refractivity contribution in [2.45, 2.75) is 20.0 Å². The molecule has 0 unspecified atom stereocenters. The van der Waals surface area contributed by atoms with Gasteiger partial charge in [0.2, 0.25) is 0 Å². The lowest BCUT2D eigenvalue weighted by Crippen LogP contribution is -2.06. The number of fused-ring (bicyclic) bond motifs is 1. The molecule has 0 aliphatic carbocycles. The molecule has 6 heteroatoms. The number of nitrogens with one attached hydrogen (secondary N) is 1. The lowest BCUT2D eigenvalue weighted by molar-refractivity contribution is 0.0699. The van der Waals surface area contributed by atoms with Crippen LogP contribution in [0.5, 0.6) is 5.75 Å². The van der Waals surface area contributed by atoms with Crippen molar-refractivity contribution in [1.82, 2.24) is 4.98 Å². The number of aromatic nitrogens is 1. The van der Waals surface area contributed by atoms with Crippen molar-refractivity contribution in [3.8, 4) is 28.3 Å². The van der Waals surface area contributed by atoms with Crippen LogP contribution in [0.15, 0.2) is 59.1 Å². The lowest BCUT2D eigenvalue weighted by atomic mass is 10.0. The third-order valence-corrected chi connectivity index (χ3v) is 4.36. The summed E-state index contributed by atoms with van der Waals surface area (Å²) in [5.74, 6) is -0.792. The summed E-state index contributed by atoms with van der Waals surface area (Å²) in [6, 6.07) is 12.7. The lowest BCUT2D eigenvalue weighted by Gasteiger charge is -2.14. The van der Waals surface area contributed by atoms with Crippen LogP contribution in [0.4, 0.5) is 4.39 Å². The standard InChI is InChI=1S/C22H18FNO4/c1-12(2)27-18-11-16-19(10-15(18)17-4-3-9-24-17)28-21(20(16)22(25)26)13-5-7-14(23)8-6-13/h3-12,24H,1-2H3,(H,25,26). The topological polar surface area (TPSA) is 75.5 Å². The Morgan fingerprint density at radius 1 is 1.18 bits per heavy atom. The molecule has 28 heavy (non-hydrogen) atoms. The molecule has 0 aliphatic rings. The molecule has 0 radical (unpaired) electrons. The van der Waals surface area contributed by atoms with Crippen LogP contribution in [-0.2, 0) is 0 Å². The molecular weight excluding hydrogens is 361 g/mol. The van der Waals surface area contributed by atoms with Gasteiger partial charge < -0.3 is 19.2 Å². The van der Waals surface area contributed by atoms with Crippen molar-refractivity contribution in [2.24, 2.45) is 0 Å². The molecule has 0 saturated heterocycles. The predicted octanol–water partition coefficient (Wildman–Crippen LogP) is 5.72. The molecule has 2 N–H and O–H groups in total. The maximum absolute atomic E-state index is 13.3. The van der Waals surface area contributed by atoms with E-state index in [1.807, 2.05) is 26.0 Å². The van der Waals surface area contributed by atoms with Crippen molar-refractivity contribution in [3.63, 3.8) is 0 Å². The average molecular weight is 379 g/mol. The van der Waals surface area contributed by atoms with Gasteiger partial charge in [0.25, 0.3) is 0 Å². The number of carboxylic acid groups (broad SMARTS) is 1. The molecule has 4 rings (SSSR count). The number of hydrogen-bond acceptors (Lipinski definition) is 3. The quantitative estimate of drug-likeness (QED) is 0.465. The van der Waals surface area contributed by atoms with E-state index in [1.165, 1.54) is 24.3 Å². The highest BCUT2D eigenvalue weighted by molar-refractivity contribution is 6.09. The van der Waals surface area contributed by atoms with Gasteiger partial charge in [-0.3, -0.25) is 0 Å². The Balaban J connectivity index is 1.99. The Hall–Kier alpha value is -3.54. The SMILES string of the molecule is CC(C)Oc1cc2c(C(=O)O)c(-c3ccc(F)cc3)oc2cc1-c1ccc[nH]1. The molecule has 0 spiro atoms. The summed E-state index contributed by atoms with van der Waals surface area (Å²) in [7, 11) is 0. The Morgan fingerprint density at radius 3 is 2.54 bits per heavy atom. The average Bonchev–Trinajstić information content (AvgIpc) is 3.28. The minimum absolute atomic E-state index is 0.0215. The van der Waals surface area contributed by atoms with Crippen LogP contribution in [0, 0.1) is 5.82 Å². The van der Waals surface area contributed by atoms with Crippen LogP contribution in [0.25, 0.3) is 33.6 Å². The minimum Gasteiger partial charge on any atom is -0.490 e. The maximum Gasteiger partial charge on any atom is 0.340 e. The molecule has 2 aromatic carbocycles. The van der Waals surface area contributed by atoms with E-state index in [0.717, 1.165) is 11.3 Å². The number of carbonyl (C=O) groups is 1. The zero-order valence-electron chi connectivity index (χ0n) is 15.3. The maximum atomic E-state index is 13.3. The number of aromatic carboxylic acids is 1. The van der Waals surface area contributed by atoms with Gasteiger partial charge in [-0.05, 0) is 62.4 Å². The summed E-state index contributed by atoms with van der Waals surface area (Å²) in [5, 5.41) is 10.2. The summed E-state index contributed by atoms with van der Waals surface area (Å²) >= 11 is 0. The molecule has 0 aliphatic heterocycles. The van der Waals surface area contributed by atoms with Gasteiger partial charge in [0, 0.05) is 28.4 Å². The van der Waals surface area contributed by atoms with Crippen LogP contribution >= 0.6 is 0 Å². The largest absolute Gasteiger partial charge is 0.490 e. The van der Waals surface area contributed by atoms with Gasteiger partial charge in [-0.15, -0.1) is 0 Å². The normalized spacial score (nSPS) is 11.3. The van der Waals surface area contributed by atoms with E-state index in [-0.39, 0.29) is 17.4 Å². The van der Waals surface area contributed by atoms with Crippen molar-refractivity contribution < 1.29 is 23.4 Å². The Morgan fingerprint density at radius 2 is 1.93 bits per heavy atom. The molecule has 0 bridgehead atoms. The molecule has 0 saturated carbocycles. The van der Waals surface area contributed by atoms with Gasteiger partial charge >= 0.3 is 5.97 Å². The number of H-pyrrole nitrogens is 1. The summed E-state index contributed by atoms with van der Waals surface area (Å²) in [4.78, 5) is 15.1. The van der Waals surface area contributed by atoms with Gasteiger partial charge in [-0.2, -0.15) is 0 Å². The third-order valence-electron chi connectivity index (χ3n) is 4.36. The van der Waals surface area contributed by atoms with Crippen molar-refractivity contribution >= 4 is 16.9 Å². The molecule has 142 valence electrons. The highest BCUT2D eigenvalue weighted by atomic mass is 19.1. The molecule has 0 atom stereocenters. The first-order valence-corrected chi connectivity index (χ1v) is 8.84. The fourth-order valence-electron chi connectivity index (χ4n) is 3.20. The summed E-state index contributed by atoms with van der Waals surface area (Å²) < 4.78 is 25.1. The molecule has 0 amide bonds. The predicted molar refractivity (Wildman–Crippen MR) is 104 cm³/mol. The summed E-state index contributed by atoms with van der Waals surface area (Å²) in [6.45, 7) is 3.81. The number of furan rings is 1. The Kier molecular flexibility index (Phi) is 4.39. The minimum atomic E-state index is -1.12. The third kappa shape index (κ3) is 3.13. The Labute approximate surface area is 160 Å². The van der Waals surface area contributed by atoms with Crippen LogP contribution in [0.1, 0.15) is 24.2 Å². The monoisotopic (exact) mass is 379 g/mol. The van der Waals surface area contributed by atoms with Crippen molar-refractivity contribution in [3.05, 3.63) is 66.1 Å². The first-order chi connectivity index (χ1) is 13.4. The molecule has 4 aromatic rings. The van der Waals surface area contributed by atoms with Gasteiger partial charge in [0.1, 0.15) is 28.5 Å². The van der Waals surface area contributed by atoms with Gasteiger partial charge in [0.15, 0.2) is 0 Å². The van der Waals surface area contributed by atoms with Crippen molar-refractivity contribution in [2.75, 3.05) is 0 Å². The Bertz CT molecular complexity index is 1140. The number of halogens is 1. The molecule has 2 heterocycles. The van der Waals surface area contributed by atoms with E-state index in [1.54, 1.807) is 18.3 Å². The molecular formula is C22H18FNO4. The number of aromatic amines is 1. The number of ether oxygens (including phenoxy) is 1. The van der Waals surface area contributed by atoms with E-state index < -0.39 is 11.8 Å². The molecule has 2 aromatic heterocycles. The number of rotatable bonds is 5. The summed E-state index contributed by atoms with van der Waals surface area (Å²) in [5.41, 5.74) is 2.52. The smallest absolute Gasteiger partial charge is 0.340 e. The number of benzene rings is 2. The van der Waals surface area contributed by atoms with Crippen molar-refractivity contribution in [1.29, 1.82) is 0 Å². The fourth-order valence-corrected chi connectivity index (χ4v) is 3.20. The first-order valence-electron chi connectivity index (χ1n) is 8.84. The highest BCUT2D eigenvalue weighted by Gasteiger charge is 2.24. The fraction of sp³-hybridized carbons (Fsp3) is 0.136. The van der Waals surface area contributed by atoms with Crippen LogP contribution in [-0.4, -0.2) is 22.2 Å². The number of hydrogen-bond donors (Lipinski definition) is 2. The second kappa shape index (κ2) is 6.88. The second-order valence-corrected chi connectivity index (χ2v) is 6.71. The summed E-state index contributed by atoms with van der Waals surface area (Å²) in [6.07, 6.45) is 1.70. The van der Waals surface area contributed by atoms with E-state index in [2.05, 4.69) is 4.98 Å².